The fourth-order valence-corrected chi connectivity index (χ4v) is 3.00. The van der Waals surface area contributed by atoms with Crippen molar-refractivity contribution in [2.75, 3.05) is 19.6 Å². The highest BCUT2D eigenvalue weighted by Crippen LogP contribution is 2.35. The average molecular weight is 224 g/mol. The molecule has 1 aliphatic carbocycles. The van der Waals surface area contributed by atoms with Crippen LogP contribution in [0.1, 0.15) is 46.5 Å². The molecule has 0 amide bonds. The van der Waals surface area contributed by atoms with Gasteiger partial charge >= 0.3 is 0 Å². The zero-order valence-electron chi connectivity index (χ0n) is 11.2. The molecule has 0 radical (unpaired) electrons. The Bertz CT molecular complexity index is 211. The lowest BCUT2D eigenvalue weighted by Gasteiger charge is -2.30. The van der Waals surface area contributed by atoms with Gasteiger partial charge in [0, 0.05) is 18.6 Å². The van der Waals surface area contributed by atoms with Crippen molar-refractivity contribution in [2.24, 2.45) is 11.8 Å². The van der Waals surface area contributed by atoms with Crippen LogP contribution in [-0.4, -0.2) is 36.6 Å². The SMILES string of the molecule is CC(C)CC1CN(C(C)C2CC2)CCCN1. The Balaban J connectivity index is 1.86. The van der Waals surface area contributed by atoms with Gasteiger partial charge in [0.2, 0.25) is 0 Å². The monoisotopic (exact) mass is 224 g/mol. The third kappa shape index (κ3) is 3.46. The highest BCUT2D eigenvalue weighted by molar-refractivity contribution is 4.88. The second-order valence-corrected chi connectivity index (χ2v) is 6.21. The van der Waals surface area contributed by atoms with E-state index in [9.17, 15) is 0 Å². The summed E-state index contributed by atoms with van der Waals surface area (Å²) in [6.45, 7) is 10.9. The van der Waals surface area contributed by atoms with E-state index in [1.165, 1.54) is 45.3 Å². The zero-order chi connectivity index (χ0) is 11.5. The van der Waals surface area contributed by atoms with Gasteiger partial charge in [0.05, 0.1) is 0 Å². The van der Waals surface area contributed by atoms with Gasteiger partial charge in [0.15, 0.2) is 0 Å². The predicted molar refractivity (Wildman–Crippen MR) is 69.6 cm³/mol. The predicted octanol–water partition coefficient (Wildman–Crippen LogP) is 2.49. The molecule has 2 fully saturated rings. The van der Waals surface area contributed by atoms with Gasteiger partial charge in [0.1, 0.15) is 0 Å². The summed E-state index contributed by atoms with van der Waals surface area (Å²) in [7, 11) is 0. The molecule has 0 bridgehead atoms. The van der Waals surface area contributed by atoms with Crippen LogP contribution in [-0.2, 0) is 0 Å². The Morgan fingerprint density at radius 2 is 2.00 bits per heavy atom. The molecule has 16 heavy (non-hydrogen) atoms. The van der Waals surface area contributed by atoms with Gasteiger partial charge in [-0.3, -0.25) is 4.90 Å². The molecule has 2 rings (SSSR count). The molecule has 2 atom stereocenters. The number of rotatable bonds is 4. The quantitative estimate of drug-likeness (QED) is 0.789. The van der Waals surface area contributed by atoms with E-state index in [1.807, 2.05) is 0 Å². The summed E-state index contributed by atoms with van der Waals surface area (Å²) >= 11 is 0. The lowest BCUT2D eigenvalue weighted by molar-refractivity contribution is 0.180. The molecule has 2 heteroatoms. The maximum Gasteiger partial charge on any atom is 0.0197 e. The Morgan fingerprint density at radius 1 is 1.25 bits per heavy atom. The van der Waals surface area contributed by atoms with Gasteiger partial charge in [-0.2, -0.15) is 0 Å². The van der Waals surface area contributed by atoms with Crippen molar-refractivity contribution in [1.29, 1.82) is 0 Å². The van der Waals surface area contributed by atoms with Gasteiger partial charge in [-0.25, -0.2) is 0 Å². The van der Waals surface area contributed by atoms with Crippen LogP contribution in [0.3, 0.4) is 0 Å². The highest BCUT2D eigenvalue weighted by Gasteiger charge is 2.33. The van der Waals surface area contributed by atoms with E-state index in [0.29, 0.717) is 0 Å². The second-order valence-electron chi connectivity index (χ2n) is 6.21. The van der Waals surface area contributed by atoms with Crippen molar-refractivity contribution in [2.45, 2.75) is 58.5 Å². The molecule has 1 N–H and O–H groups in total. The minimum Gasteiger partial charge on any atom is -0.313 e. The van der Waals surface area contributed by atoms with Gasteiger partial charge in [0.25, 0.3) is 0 Å². The Morgan fingerprint density at radius 3 is 2.62 bits per heavy atom. The molecule has 2 aliphatic rings. The lowest BCUT2D eigenvalue weighted by Crippen LogP contribution is -2.43. The minimum absolute atomic E-state index is 0.726. The third-order valence-electron chi connectivity index (χ3n) is 4.15. The van der Waals surface area contributed by atoms with E-state index in [4.69, 9.17) is 0 Å². The molecule has 0 aromatic heterocycles. The highest BCUT2D eigenvalue weighted by atomic mass is 15.2. The molecule has 0 spiro atoms. The van der Waals surface area contributed by atoms with E-state index in [-0.39, 0.29) is 0 Å². The van der Waals surface area contributed by atoms with Crippen molar-refractivity contribution in [3.05, 3.63) is 0 Å². The van der Waals surface area contributed by atoms with E-state index >= 15 is 0 Å². The molecule has 0 aromatic rings. The molecular formula is C14H28N2. The molecule has 1 saturated heterocycles. The van der Waals surface area contributed by atoms with Crippen LogP contribution in [0.5, 0.6) is 0 Å². The topological polar surface area (TPSA) is 15.3 Å². The Hall–Kier alpha value is -0.0800. The van der Waals surface area contributed by atoms with Gasteiger partial charge in [-0.05, 0) is 57.5 Å². The van der Waals surface area contributed by atoms with Crippen molar-refractivity contribution >= 4 is 0 Å². The molecule has 2 unspecified atom stereocenters. The lowest BCUT2D eigenvalue weighted by atomic mass is 10.0. The van der Waals surface area contributed by atoms with Crippen molar-refractivity contribution in [1.82, 2.24) is 10.2 Å². The first kappa shape index (κ1) is 12.4. The Kier molecular flexibility index (Phi) is 4.26. The number of nitrogens with zero attached hydrogens (tertiary/aromatic N) is 1. The second kappa shape index (κ2) is 5.50. The summed E-state index contributed by atoms with van der Waals surface area (Å²) < 4.78 is 0. The first-order chi connectivity index (χ1) is 7.66. The largest absolute Gasteiger partial charge is 0.313 e. The molecule has 1 saturated carbocycles. The number of hydrogen-bond acceptors (Lipinski definition) is 2. The van der Waals surface area contributed by atoms with Crippen molar-refractivity contribution < 1.29 is 0 Å². The van der Waals surface area contributed by atoms with Gasteiger partial charge in [-0.1, -0.05) is 13.8 Å². The van der Waals surface area contributed by atoms with E-state index in [0.717, 1.165) is 23.9 Å². The fraction of sp³-hybridized carbons (Fsp3) is 1.00. The normalized spacial score (nSPS) is 30.4. The maximum absolute atomic E-state index is 3.72. The summed E-state index contributed by atoms with van der Waals surface area (Å²) in [5.41, 5.74) is 0. The van der Waals surface area contributed by atoms with Crippen LogP contribution < -0.4 is 5.32 Å². The van der Waals surface area contributed by atoms with Crippen LogP contribution in [0.4, 0.5) is 0 Å². The van der Waals surface area contributed by atoms with Crippen LogP contribution in [0.25, 0.3) is 0 Å². The Labute approximate surface area is 101 Å². The maximum atomic E-state index is 3.72. The van der Waals surface area contributed by atoms with E-state index in [1.54, 1.807) is 0 Å². The van der Waals surface area contributed by atoms with Crippen LogP contribution in [0, 0.1) is 11.8 Å². The van der Waals surface area contributed by atoms with Crippen molar-refractivity contribution in [3.63, 3.8) is 0 Å². The molecular weight excluding hydrogens is 196 g/mol. The van der Waals surface area contributed by atoms with Gasteiger partial charge in [-0.15, -0.1) is 0 Å². The van der Waals surface area contributed by atoms with Crippen molar-refractivity contribution in [3.8, 4) is 0 Å². The van der Waals surface area contributed by atoms with Crippen LogP contribution >= 0.6 is 0 Å². The van der Waals surface area contributed by atoms with E-state index < -0.39 is 0 Å². The number of nitrogens with one attached hydrogen (secondary N) is 1. The summed E-state index contributed by atoms with van der Waals surface area (Å²) in [5, 5.41) is 3.72. The van der Waals surface area contributed by atoms with Crippen LogP contribution in [0.15, 0.2) is 0 Å². The molecule has 2 nitrogen and oxygen atoms in total. The third-order valence-corrected chi connectivity index (χ3v) is 4.15. The first-order valence-corrected chi connectivity index (χ1v) is 7.14. The first-order valence-electron chi connectivity index (χ1n) is 7.14. The molecule has 94 valence electrons. The molecule has 1 aliphatic heterocycles. The van der Waals surface area contributed by atoms with Gasteiger partial charge < -0.3 is 5.32 Å². The minimum atomic E-state index is 0.726. The summed E-state index contributed by atoms with van der Waals surface area (Å²) in [4.78, 5) is 2.74. The average Bonchev–Trinajstić information content (AvgIpc) is 3.02. The summed E-state index contributed by atoms with van der Waals surface area (Å²) in [6, 6.07) is 1.55. The standard InChI is InChI=1S/C14H28N2/c1-11(2)9-14-10-16(8-4-7-15-14)12(3)13-5-6-13/h11-15H,4-10H2,1-3H3. The smallest absolute Gasteiger partial charge is 0.0197 e. The van der Waals surface area contributed by atoms with E-state index in [2.05, 4.69) is 31.0 Å². The summed E-state index contributed by atoms with van der Waals surface area (Å²) in [5.74, 6) is 1.83. The molecule has 0 aromatic carbocycles. The fourth-order valence-electron chi connectivity index (χ4n) is 3.00. The number of hydrogen-bond donors (Lipinski definition) is 1. The molecule has 1 heterocycles. The van der Waals surface area contributed by atoms with Crippen LogP contribution in [0.2, 0.25) is 0 Å². The zero-order valence-corrected chi connectivity index (χ0v) is 11.2. The summed E-state index contributed by atoms with van der Waals surface area (Å²) in [6.07, 6.45) is 5.60.